The van der Waals surface area contributed by atoms with Crippen molar-refractivity contribution < 1.29 is 24.2 Å². The van der Waals surface area contributed by atoms with E-state index >= 15 is 0 Å². The maximum absolute atomic E-state index is 11.3. The van der Waals surface area contributed by atoms with Gasteiger partial charge in [-0.15, -0.1) is 0 Å². The van der Waals surface area contributed by atoms with Gasteiger partial charge < -0.3 is 19.5 Å². The third kappa shape index (κ3) is 6.63. The number of carbonyl (C=O) groups is 2. The van der Waals surface area contributed by atoms with E-state index in [0.717, 1.165) is 35.3 Å². The van der Waals surface area contributed by atoms with E-state index in [4.69, 9.17) is 9.47 Å². The smallest absolute Gasteiger partial charge is 0.367 e. The fourth-order valence-corrected chi connectivity index (χ4v) is 4.90. The zero-order valence-electron chi connectivity index (χ0n) is 21.4. The largest absolute Gasteiger partial charge is 0.489 e. The van der Waals surface area contributed by atoms with Gasteiger partial charge >= 0.3 is 9.95 Å². The van der Waals surface area contributed by atoms with Crippen molar-refractivity contribution in [2.75, 3.05) is 31.2 Å². The van der Waals surface area contributed by atoms with E-state index < -0.39 is 5.97 Å². The molecule has 1 N–H and O–H groups in total. The highest BCUT2D eigenvalue weighted by atomic mass is 127. The Labute approximate surface area is 231 Å². The van der Waals surface area contributed by atoms with Crippen LogP contribution in [-0.4, -0.2) is 41.4 Å². The van der Waals surface area contributed by atoms with E-state index in [1.807, 2.05) is 24.3 Å². The van der Waals surface area contributed by atoms with E-state index in [2.05, 4.69) is 49.9 Å². The highest BCUT2D eigenvalue weighted by Gasteiger charge is 2.24. The number of hydrogen-bond acceptors (Lipinski definition) is 5. The Morgan fingerprint density at radius 1 is 0.892 bits per heavy atom. The second kappa shape index (κ2) is 11.5. The Morgan fingerprint density at radius 2 is 1.54 bits per heavy atom. The molecule has 7 heteroatoms. The number of benzene rings is 3. The average molecular weight is 613 g/mol. The minimum absolute atomic E-state index is 0.0479. The lowest BCUT2D eigenvalue weighted by atomic mass is 9.83. The molecule has 37 heavy (non-hydrogen) atoms. The molecule has 1 heterocycles. The van der Waals surface area contributed by atoms with E-state index in [-0.39, 0.29) is 28.2 Å². The highest BCUT2D eigenvalue weighted by molar-refractivity contribution is 14.1. The highest BCUT2D eigenvalue weighted by Crippen LogP contribution is 2.40. The first-order valence-electron chi connectivity index (χ1n) is 12.5. The molecule has 0 aliphatic carbocycles. The topological polar surface area (TPSA) is 76.1 Å². The van der Waals surface area contributed by atoms with E-state index in [0.29, 0.717) is 5.75 Å². The first-order chi connectivity index (χ1) is 17.6. The minimum Gasteiger partial charge on any atom is -0.489 e. The standard InChI is InChI=1S/C30H32INO5/c1-30(2,3)25-19-23(10-12-26(25)32-14-4-5-15-32)24-18-22(20-6-8-21(9-7-20)28(33)34)11-13-27(24)36-16-17-37-29(31)35/h6-13,18-19H,4-5,14-17H2,1-3H3,(H,33,34). The van der Waals surface area contributed by atoms with E-state index in [1.54, 1.807) is 34.7 Å². The molecule has 0 atom stereocenters. The van der Waals surface area contributed by atoms with Crippen molar-refractivity contribution in [3.63, 3.8) is 0 Å². The maximum Gasteiger partial charge on any atom is 0.367 e. The summed E-state index contributed by atoms with van der Waals surface area (Å²) in [5.41, 5.74) is 6.62. The van der Waals surface area contributed by atoms with Crippen LogP contribution in [0.4, 0.5) is 10.5 Å². The number of nitrogens with zero attached hydrogens (tertiary/aromatic N) is 1. The summed E-state index contributed by atoms with van der Waals surface area (Å²) in [5.74, 6) is -0.250. The van der Waals surface area contributed by atoms with Gasteiger partial charge in [-0.2, -0.15) is 0 Å². The Balaban J connectivity index is 1.76. The fourth-order valence-electron chi connectivity index (χ4n) is 4.68. The molecule has 1 saturated heterocycles. The molecule has 0 unspecified atom stereocenters. The van der Waals surface area contributed by atoms with E-state index in [1.165, 1.54) is 24.1 Å². The molecule has 194 valence electrons. The molecular formula is C30H32INO5. The third-order valence-corrected chi connectivity index (χ3v) is 6.87. The quantitative estimate of drug-likeness (QED) is 0.161. The summed E-state index contributed by atoms with van der Waals surface area (Å²) in [5, 5.41) is 9.25. The van der Waals surface area contributed by atoms with Crippen molar-refractivity contribution in [3.05, 3.63) is 71.8 Å². The van der Waals surface area contributed by atoms with Gasteiger partial charge in [-0.3, -0.25) is 0 Å². The summed E-state index contributed by atoms with van der Waals surface area (Å²) in [6.45, 7) is 9.28. The van der Waals surface area contributed by atoms with Crippen LogP contribution in [0, 0.1) is 0 Å². The number of carboxylic acids is 1. The first kappa shape index (κ1) is 27.0. The summed E-state index contributed by atoms with van der Waals surface area (Å²) in [6.07, 6.45) is 2.43. The van der Waals surface area contributed by atoms with Crippen LogP contribution in [0.15, 0.2) is 60.7 Å². The third-order valence-electron chi connectivity index (χ3n) is 6.56. The van der Waals surface area contributed by atoms with Crippen molar-refractivity contribution in [1.82, 2.24) is 0 Å². The summed E-state index contributed by atoms with van der Waals surface area (Å²) >= 11 is 1.60. The van der Waals surface area contributed by atoms with E-state index in [9.17, 15) is 14.7 Å². The molecule has 0 amide bonds. The molecule has 0 radical (unpaired) electrons. The lowest BCUT2D eigenvalue weighted by Crippen LogP contribution is -2.23. The van der Waals surface area contributed by atoms with Crippen LogP contribution < -0.4 is 9.64 Å². The van der Waals surface area contributed by atoms with Crippen LogP contribution in [0.1, 0.15) is 49.5 Å². The van der Waals surface area contributed by atoms with Gasteiger partial charge in [0.25, 0.3) is 0 Å². The molecule has 3 aromatic carbocycles. The first-order valence-corrected chi connectivity index (χ1v) is 13.5. The van der Waals surface area contributed by atoms with Gasteiger partial charge in [0.15, 0.2) is 0 Å². The van der Waals surface area contributed by atoms with Gasteiger partial charge in [0.05, 0.1) is 28.2 Å². The second-order valence-corrected chi connectivity index (χ2v) is 11.1. The molecular weight excluding hydrogens is 581 g/mol. The van der Waals surface area contributed by atoms with Gasteiger partial charge in [0.1, 0.15) is 19.0 Å². The number of halogens is 1. The summed E-state index contributed by atoms with van der Waals surface area (Å²) < 4.78 is 10.7. The van der Waals surface area contributed by atoms with Crippen molar-refractivity contribution >= 4 is 38.2 Å². The zero-order chi connectivity index (χ0) is 26.6. The van der Waals surface area contributed by atoms with Crippen LogP contribution in [0.3, 0.4) is 0 Å². The van der Waals surface area contributed by atoms with Gasteiger partial charge in [0.2, 0.25) is 0 Å². The van der Waals surface area contributed by atoms with Gasteiger partial charge in [-0.05, 0) is 76.9 Å². The number of ether oxygens (including phenoxy) is 2. The number of carbonyl (C=O) groups excluding carboxylic acids is 1. The zero-order valence-corrected chi connectivity index (χ0v) is 23.6. The van der Waals surface area contributed by atoms with Gasteiger partial charge in [-0.1, -0.05) is 45.0 Å². The van der Waals surface area contributed by atoms with Crippen LogP contribution in [0.5, 0.6) is 5.75 Å². The van der Waals surface area contributed by atoms with Crippen molar-refractivity contribution in [2.45, 2.75) is 39.0 Å². The molecule has 1 fully saturated rings. The monoisotopic (exact) mass is 613 g/mol. The predicted molar refractivity (Wildman–Crippen MR) is 155 cm³/mol. The lowest BCUT2D eigenvalue weighted by Gasteiger charge is -2.29. The van der Waals surface area contributed by atoms with Crippen LogP contribution in [0.25, 0.3) is 22.3 Å². The number of hydrogen-bond donors (Lipinski definition) is 1. The molecule has 0 aromatic heterocycles. The number of carboxylic acid groups (broad SMARTS) is 1. The SMILES string of the molecule is CC(C)(C)c1cc(-c2cc(-c3ccc(C(=O)O)cc3)ccc2OCCOC(=O)I)ccc1N1CCCC1. The molecule has 1 aliphatic heterocycles. The molecule has 1 aliphatic rings. The van der Waals surface area contributed by atoms with Crippen LogP contribution >= 0.6 is 22.6 Å². The molecule has 3 aromatic rings. The van der Waals surface area contributed by atoms with Crippen molar-refractivity contribution in [3.8, 4) is 28.0 Å². The van der Waals surface area contributed by atoms with Crippen molar-refractivity contribution in [1.29, 1.82) is 0 Å². The minimum atomic E-state index is -0.948. The number of rotatable bonds is 8. The second-order valence-electron chi connectivity index (χ2n) is 10.2. The van der Waals surface area contributed by atoms with Crippen LogP contribution in [-0.2, 0) is 10.2 Å². The normalized spacial score (nSPS) is 13.5. The predicted octanol–water partition coefficient (Wildman–Crippen LogP) is 7.57. The Bertz CT molecular complexity index is 1270. The summed E-state index contributed by atoms with van der Waals surface area (Å²) in [7, 11) is 0. The molecule has 0 saturated carbocycles. The summed E-state index contributed by atoms with van der Waals surface area (Å²) in [6, 6.07) is 19.5. The maximum atomic E-state index is 11.3. The Morgan fingerprint density at radius 3 is 2.16 bits per heavy atom. The van der Waals surface area contributed by atoms with Crippen LogP contribution in [0.2, 0.25) is 0 Å². The Hall–Kier alpha value is -3.07. The van der Waals surface area contributed by atoms with Crippen molar-refractivity contribution in [2.24, 2.45) is 0 Å². The average Bonchev–Trinajstić information content (AvgIpc) is 3.41. The van der Waals surface area contributed by atoms with Gasteiger partial charge in [0, 0.05) is 24.3 Å². The number of aromatic carboxylic acids is 1. The fraction of sp³-hybridized carbons (Fsp3) is 0.333. The molecule has 0 bridgehead atoms. The Kier molecular flexibility index (Phi) is 8.42. The molecule has 6 nitrogen and oxygen atoms in total. The summed E-state index contributed by atoms with van der Waals surface area (Å²) in [4.78, 5) is 24.9. The molecule has 4 rings (SSSR count). The van der Waals surface area contributed by atoms with Gasteiger partial charge in [-0.25, -0.2) is 9.59 Å². The lowest BCUT2D eigenvalue weighted by molar-refractivity contribution is 0.0697. The number of anilines is 1. The molecule has 0 spiro atoms.